The maximum absolute atomic E-state index is 12.2. The molecule has 1 amide bonds. The predicted octanol–water partition coefficient (Wildman–Crippen LogP) is 2.92. The van der Waals surface area contributed by atoms with Crippen LogP contribution in [0.5, 0.6) is 0 Å². The molecule has 0 heterocycles. The molecule has 1 fully saturated rings. The molecule has 2 rings (SSSR count). The fourth-order valence-corrected chi connectivity index (χ4v) is 2.59. The normalized spacial score (nSPS) is 17.0. The first kappa shape index (κ1) is 14.5. The summed E-state index contributed by atoms with van der Waals surface area (Å²) in [7, 11) is 0. The summed E-state index contributed by atoms with van der Waals surface area (Å²) >= 11 is 0. The second-order valence-electron chi connectivity index (χ2n) is 5.43. The van der Waals surface area contributed by atoms with Crippen molar-refractivity contribution in [3.05, 3.63) is 29.8 Å². The molecular formula is C17H22N2O. The molecule has 2 N–H and O–H groups in total. The van der Waals surface area contributed by atoms with Crippen LogP contribution in [-0.4, -0.2) is 18.0 Å². The molecule has 106 valence electrons. The fraction of sp³-hybridized carbons (Fsp3) is 0.471. The van der Waals surface area contributed by atoms with Crippen molar-refractivity contribution in [2.75, 3.05) is 5.32 Å². The molecule has 1 atom stereocenters. The van der Waals surface area contributed by atoms with Gasteiger partial charge in [0.2, 0.25) is 5.91 Å². The van der Waals surface area contributed by atoms with E-state index in [1.807, 2.05) is 31.2 Å². The van der Waals surface area contributed by atoms with Gasteiger partial charge in [0.1, 0.15) is 6.04 Å². The molecule has 0 bridgehead atoms. The Kier molecular flexibility index (Phi) is 5.06. The van der Waals surface area contributed by atoms with E-state index >= 15 is 0 Å². The number of carbonyl (C=O) groups excluding carboxylic acids is 1. The van der Waals surface area contributed by atoms with E-state index in [9.17, 15) is 4.79 Å². The molecule has 1 aliphatic carbocycles. The molecule has 0 radical (unpaired) electrons. The topological polar surface area (TPSA) is 41.1 Å². The molecule has 3 heteroatoms. The van der Waals surface area contributed by atoms with E-state index in [0.717, 1.165) is 24.1 Å². The number of hydrogen-bond acceptors (Lipinski definition) is 2. The van der Waals surface area contributed by atoms with Crippen molar-refractivity contribution >= 4 is 11.6 Å². The molecule has 1 aromatic carbocycles. The summed E-state index contributed by atoms with van der Waals surface area (Å²) in [5.74, 6) is 2.65. The van der Waals surface area contributed by atoms with Crippen molar-refractivity contribution in [3.8, 4) is 12.3 Å². The van der Waals surface area contributed by atoms with E-state index in [2.05, 4.69) is 16.6 Å². The third-order valence-corrected chi connectivity index (χ3v) is 3.76. The minimum absolute atomic E-state index is 0.0583. The summed E-state index contributed by atoms with van der Waals surface area (Å²) in [6.07, 6.45) is 11.3. The Hall–Kier alpha value is -1.95. The van der Waals surface area contributed by atoms with Gasteiger partial charge in [0.15, 0.2) is 0 Å². The fourth-order valence-electron chi connectivity index (χ4n) is 2.59. The summed E-state index contributed by atoms with van der Waals surface area (Å²) in [4.78, 5) is 12.2. The van der Waals surface area contributed by atoms with Crippen LogP contribution in [0, 0.1) is 12.3 Å². The van der Waals surface area contributed by atoms with Crippen LogP contribution in [0.15, 0.2) is 24.3 Å². The van der Waals surface area contributed by atoms with Crippen LogP contribution >= 0.6 is 0 Å². The summed E-state index contributed by atoms with van der Waals surface area (Å²) in [5.41, 5.74) is 1.70. The lowest BCUT2D eigenvalue weighted by Crippen LogP contribution is -2.44. The van der Waals surface area contributed by atoms with Gasteiger partial charge in [-0.15, -0.1) is 6.42 Å². The van der Waals surface area contributed by atoms with Crippen LogP contribution in [0.25, 0.3) is 0 Å². The Morgan fingerprint density at radius 2 is 2.10 bits per heavy atom. The zero-order valence-corrected chi connectivity index (χ0v) is 12.0. The third kappa shape index (κ3) is 4.03. The zero-order chi connectivity index (χ0) is 14.4. The maximum Gasteiger partial charge on any atom is 0.242 e. The molecule has 0 saturated heterocycles. The smallest absolute Gasteiger partial charge is 0.242 e. The molecule has 20 heavy (non-hydrogen) atoms. The molecular weight excluding hydrogens is 248 g/mol. The van der Waals surface area contributed by atoms with E-state index in [4.69, 9.17) is 6.42 Å². The molecule has 0 spiro atoms. The van der Waals surface area contributed by atoms with E-state index in [0.29, 0.717) is 6.04 Å². The largest absolute Gasteiger partial charge is 0.374 e. The summed E-state index contributed by atoms with van der Waals surface area (Å²) < 4.78 is 0. The molecule has 0 aliphatic heterocycles. The minimum atomic E-state index is -0.259. The lowest BCUT2D eigenvalue weighted by atomic mass is 9.95. The first-order chi connectivity index (χ1) is 9.69. The molecule has 0 aromatic heterocycles. The van der Waals surface area contributed by atoms with Gasteiger partial charge in [-0.25, -0.2) is 0 Å². The maximum atomic E-state index is 12.2. The van der Waals surface area contributed by atoms with Crippen LogP contribution in [-0.2, 0) is 4.79 Å². The van der Waals surface area contributed by atoms with Crippen molar-refractivity contribution in [1.82, 2.24) is 5.32 Å². The van der Waals surface area contributed by atoms with Gasteiger partial charge in [-0.05, 0) is 38.0 Å². The average Bonchev–Trinajstić information content (AvgIpc) is 2.48. The Balaban J connectivity index is 1.88. The van der Waals surface area contributed by atoms with Crippen LogP contribution in [0.1, 0.15) is 44.6 Å². The molecule has 1 aliphatic rings. The average molecular weight is 270 g/mol. The number of rotatable bonds is 4. The van der Waals surface area contributed by atoms with Crippen molar-refractivity contribution in [2.45, 2.75) is 51.1 Å². The number of carbonyl (C=O) groups is 1. The minimum Gasteiger partial charge on any atom is -0.374 e. The Bertz CT molecular complexity index is 498. The van der Waals surface area contributed by atoms with Crippen molar-refractivity contribution in [2.24, 2.45) is 0 Å². The van der Waals surface area contributed by atoms with E-state index in [1.165, 1.54) is 19.3 Å². The Morgan fingerprint density at radius 1 is 1.35 bits per heavy atom. The predicted molar refractivity (Wildman–Crippen MR) is 82.5 cm³/mol. The number of hydrogen-bond donors (Lipinski definition) is 2. The Morgan fingerprint density at radius 3 is 2.80 bits per heavy atom. The van der Waals surface area contributed by atoms with Gasteiger partial charge >= 0.3 is 0 Å². The first-order valence-corrected chi connectivity index (χ1v) is 7.32. The van der Waals surface area contributed by atoms with Crippen LogP contribution < -0.4 is 10.6 Å². The van der Waals surface area contributed by atoms with E-state index in [-0.39, 0.29) is 11.9 Å². The van der Waals surface area contributed by atoms with Crippen LogP contribution in [0.4, 0.5) is 5.69 Å². The van der Waals surface area contributed by atoms with Crippen molar-refractivity contribution < 1.29 is 4.79 Å². The second kappa shape index (κ2) is 7.00. The summed E-state index contributed by atoms with van der Waals surface area (Å²) in [5, 5.41) is 6.32. The molecule has 3 nitrogen and oxygen atoms in total. The summed E-state index contributed by atoms with van der Waals surface area (Å²) in [6.45, 7) is 1.88. The number of amides is 1. The standard InChI is InChI=1S/C17H22N2O/c1-3-14-8-7-11-16(12-14)18-13(2)17(20)19-15-9-5-4-6-10-15/h1,7-8,11-13,15,18H,4-6,9-10H2,2H3,(H,19,20). The van der Waals surface area contributed by atoms with Gasteiger partial charge < -0.3 is 10.6 Å². The highest BCUT2D eigenvalue weighted by molar-refractivity contribution is 5.84. The van der Waals surface area contributed by atoms with Gasteiger partial charge in [0, 0.05) is 17.3 Å². The number of anilines is 1. The van der Waals surface area contributed by atoms with Gasteiger partial charge in [0.25, 0.3) is 0 Å². The van der Waals surface area contributed by atoms with E-state index < -0.39 is 0 Å². The van der Waals surface area contributed by atoms with Crippen molar-refractivity contribution in [3.63, 3.8) is 0 Å². The highest BCUT2D eigenvalue weighted by atomic mass is 16.2. The van der Waals surface area contributed by atoms with Crippen LogP contribution in [0.2, 0.25) is 0 Å². The zero-order valence-electron chi connectivity index (χ0n) is 12.0. The Labute approximate surface area is 121 Å². The lowest BCUT2D eigenvalue weighted by Gasteiger charge is -2.25. The van der Waals surface area contributed by atoms with Gasteiger partial charge in [0.05, 0.1) is 0 Å². The quantitative estimate of drug-likeness (QED) is 0.826. The van der Waals surface area contributed by atoms with Crippen LogP contribution in [0.3, 0.4) is 0 Å². The van der Waals surface area contributed by atoms with E-state index in [1.54, 1.807) is 0 Å². The molecule has 1 saturated carbocycles. The van der Waals surface area contributed by atoms with Crippen molar-refractivity contribution in [1.29, 1.82) is 0 Å². The number of terminal acetylenes is 1. The SMILES string of the molecule is C#Cc1cccc(NC(C)C(=O)NC2CCCCC2)c1. The number of nitrogens with one attached hydrogen (secondary N) is 2. The van der Waals surface area contributed by atoms with Gasteiger partial charge in [-0.2, -0.15) is 0 Å². The summed E-state index contributed by atoms with van der Waals surface area (Å²) in [6, 6.07) is 7.65. The second-order valence-corrected chi connectivity index (χ2v) is 5.43. The highest BCUT2D eigenvalue weighted by Crippen LogP contribution is 2.17. The monoisotopic (exact) mass is 270 g/mol. The third-order valence-electron chi connectivity index (χ3n) is 3.76. The first-order valence-electron chi connectivity index (χ1n) is 7.32. The van der Waals surface area contributed by atoms with Gasteiger partial charge in [-0.3, -0.25) is 4.79 Å². The highest BCUT2D eigenvalue weighted by Gasteiger charge is 2.19. The lowest BCUT2D eigenvalue weighted by molar-refractivity contribution is -0.122. The number of benzene rings is 1. The molecule has 1 aromatic rings. The molecule has 1 unspecified atom stereocenters. The van der Waals surface area contributed by atoms with Gasteiger partial charge in [-0.1, -0.05) is 31.2 Å².